The number of benzene rings is 2. The molecule has 0 fully saturated rings. The van der Waals surface area contributed by atoms with Crippen molar-refractivity contribution >= 4 is 21.7 Å². The molecule has 0 unspecified atom stereocenters. The largest absolute Gasteiger partial charge is 0.494 e. The van der Waals surface area contributed by atoms with Crippen molar-refractivity contribution in [1.82, 2.24) is 9.97 Å². The standard InChI is InChI=1S/C28H32N2O4/c1-6-9-24-18(12-17-13-19(34-8-3)10-11-25(17)29-24)14-22-20-15-26(32-4)27(33-5)16-21(20)23(7-2)30-28(22)31/h10-13,15-16H,6-9,14H2,1-5H3,(H,30,31). The zero-order valence-electron chi connectivity index (χ0n) is 20.6. The molecule has 0 aliphatic heterocycles. The number of hydrogen-bond acceptors (Lipinski definition) is 5. The number of methoxy groups -OCH3 is 2. The zero-order chi connectivity index (χ0) is 24.2. The van der Waals surface area contributed by atoms with E-state index in [2.05, 4.69) is 18.0 Å². The summed E-state index contributed by atoms with van der Waals surface area (Å²) in [4.78, 5) is 21.3. The normalized spacial score (nSPS) is 11.2. The summed E-state index contributed by atoms with van der Waals surface area (Å²) < 4.78 is 16.8. The zero-order valence-corrected chi connectivity index (χ0v) is 20.6. The summed E-state index contributed by atoms with van der Waals surface area (Å²) in [5.74, 6) is 2.07. The molecule has 0 aliphatic rings. The van der Waals surface area contributed by atoms with Gasteiger partial charge in [-0.1, -0.05) is 20.3 Å². The molecule has 0 amide bonds. The number of aromatic nitrogens is 2. The van der Waals surface area contributed by atoms with E-state index in [4.69, 9.17) is 19.2 Å². The van der Waals surface area contributed by atoms with Gasteiger partial charge in [0.05, 0.1) is 26.3 Å². The van der Waals surface area contributed by atoms with Crippen LogP contribution in [0.2, 0.25) is 0 Å². The van der Waals surface area contributed by atoms with Gasteiger partial charge in [-0.2, -0.15) is 0 Å². The summed E-state index contributed by atoms with van der Waals surface area (Å²) in [6, 6.07) is 12.0. The highest BCUT2D eigenvalue weighted by atomic mass is 16.5. The van der Waals surface area contributed by atoms with Crippen molar-refractivity contribution in [3.05, 3.63) is 69.3 Å². The van der Waals surface area contributed by atoms with Gasteiger partial charge in [-0.15, -0.1) is 0 Å². The Labute approximate surface area is 199 Å². The summed E-state index contributed by atoms with van der Waals surface area (Å²) in [6.07, 6.45) is 3.00. The van der Waals surface area contributed by atoms with Crippen molar-refractivity contribution < 1.29 is 14.2 Å². The maximum atomic E-state index is 13.3. The lowest BCUT2D eigenvalue weighted by Crippen LogP contribution is -2.17. The number of rotatable bonds is 9. The highest BCUT2D eigenvalue weighted by Gasteiger charge is 2.17. The molecule has 4 rings (SSSR count). The SMILES string of the molecule is CCCc1nc2ccc(OCC)cc2cc1Cc1c(=O)[nH]c(CC)c2cc(OC)c(OC)cc12. The first-order valence-electron chi connectivity index (χ1n) is 11.9. The van der Waals surface area contributed by atoms with E-state index in [0.29, 0.717) is 36.5 Å². The van der Waals surface area contributed by atoms with Gasteiger partial charge in [0.25, 0.3) is 5.56 Å². The number of nitrogens with zero attached hydrogens (tertiary/aromatic N) is 1. The van der Waals surface area contributed by atoms with Gasteiger partial charge in [-0.3, -0.25) is 9.78 Å². The molecule has 178 valence electrons. The second-order valence-corrected chi connectivity index (χ2v) is 8.33. The van der Waals surface area contributed by atoms with E-state index in [1.807, 2.05) is 44.2 Å². The molecule has 4 aromatic rings. The highest BCUT2D eigenvalue weighted by molar-refractivity contribution is 5.91. The lowest BCUT2D eigenvalue weighted by atomic mass is 9.95. The summed E-state index contributed by atoms with van der Waals surface area (Å²) in [5, 5.41) is 2.86. The molecule has 0 bridgehead atoms. The van der Waals surface area contributed by atoms with E-state index >= 15 is 0 Å². The smallest absolute Gasteiger partial charge is 0.252 e. The molecule has 2 heterocycles. The Kier molecular flexibility index (Phi) is 7.06. The van der Waals surface area contributed by atoms with Crippen molar-refractivity contribution in [1.29, 1.82) is 0 Å². The minimum Gasteiger partial charge on any atom is -0.494 e. The molecular formula is C28H32N2O4. The van der Waals surface area contributed by atoms with Crippen molar-refractivity contribution in [2.45, 2.75) is 46.5 Å². The van der Waals surface area contributed by atoms with Crippen LogP contribution in [0.5, 0.6) is 17.2 Å². The second-order valence-electron chi connectivity index (χ2n) is 8.33. The van der Waals surface area contributed by atoms with E-state index in [0.717, 1.165) is 57.2 Å². The Morgan fingerprint density at radius 3 is 2.32 bits per heavy atom. The highest BCUT2D eigenvalue weighted by Crippen LogP contribution is 2.35. The van der Waals surface area contributed by atoms with E-state index in [1.165, 1.54) is 0 Å². The lowest BCUT2D eigenvalue weighted by molar-refractivity contribution is 0.340. The van der Waals surface area contributed by atoms with Crippen LogP contribution in [0.25, 0.3) is 21.7 Å². The van der Waals surface area contributed by atoms with Crippen LogP contribution in [0.15, 0.2) is 41.2 Å². The van der Waals surface area contributed by atoms with Gasteiger partial charge in [-0.05, 0) is 67.1 Å². The molecule has 0 saturated heterocycles. The van der Waals surface area contributed by atoms with E-state index in [9.17, 15) is 4.79 Å². The fourth-order valence-electron chi connectivity index (χ4n) is 4.53. The average molecular weight is 461 g/mol. The van der Waals surface area contributed by atoms with Crippen LogP contribution in [0, 0.1) is 0 Å². The minimum absolute atomic E-state index is 0.0813. The molecule has 6 nitrogen and oxygen atoms in total. The molecule has 1 N–H and O–H groups in total. The van der Waals surface area contributed by atoms with Crippen molar-refractivity contribution in [3.8, 4) is 17.2 Å². The first-order chi connectivity index (χ1) is 16.5. The number of fused-ring (bicyclic) bond motifs is 2. The van der Waals surface area contributed by atoms with Crippen LogP contribution in [-0.2, 0) is 19.3 Å². The number of nitrogens with one attached hydrogen (secondary N) is 1. The summed E-state index contributed by atoms with van der Waals surface area (Å²) in [5.41, 5.74) is 4.51. The molecule has 6 heteroatoms. The van der Waals surface area contributed by atoms with E-state index in [1.54, 1.807) is 14.2 Å². The molecule has 0 spiro atoms. The Morgan fingerprint density at radius 2 is 1.68 bits per heavy atom. The van der Waals surface area contributed by atoms with Gasteiger partial charge in [-0.25, -0.2) is 0 Å². The van der Waals surface area contributed by atoms with E-state index in [-0.39, 0.29) is 5.56 Å². The number of H-pyrrole nitrogens is 1. The fourth-order valence-corrected chi connectivity index (χ4v) is 4.53. The first-order valence-corrected chi connectivity index (χ1v) is 11.9. The average Bonchev–Trinajstić information content (AvgIpc) is 2.85. The third-order valence-corrected chi connectivity index (χ3v) is 6.19. The molecule has 0 radical (unpaired) electrons. The molecule has 0 atom stereocenters. The van der Waals surface area contributed by atoms with Gasteiger partial charge in [0, 0.05) is 34.1 Å². The van der Waals surface area contributed by atoms with Crippen molar-refractivity contribution in [2.75, 3.05) is 20.8 Å². The van der Waals surface area contributed by atoms with Gasteiger partial charge in [0.15, 0.2) is 11.5 Å². The molecule has 2 aromatic carbocycles. The van der Waals surface area contributed by atoms with Gasteiger partial charge < -0.3 is 19.2 Å². The quantitative estimate of drug-likeness (QED) is 0.352. The molecule has 0 aliphatic carbocycles. The Hall–Kier alpha value is -3.54. The predicted octanol–water partition coefficient (Wildman–Crippen LogP) is 5.60. The number of pyridine rings is 2. The fraction of sp³-hybridized carbons (Fsp3) is 0.357. The molecule has 0 saturated carbocycles. The number of hydrogen-bond donors (Lipinski definition) is 1. The summed E-state index contributed by atoms with van der Waals surface area (Å²) in [6.45, 7) is 6.75. The van der Waals surface area contributed by atoms with Crippen LogP contribution < -0.4 is 19.8 Å². The van der Waals surface area contributed by atoms with E-state index < -0.39 is 0 Å². The second kappa shape index (κ2) is 10.2. The lowest BCUT2D eigenvalue weighted by Gasteiger charge is -2.16. The Bertz CT molecular complexity index is 1390. The predicted molar refractivity (Wildman–Crippen MR) is 137 cm³/mol. The minimum atomic E-state index is -0.0813. The van der Waals surface area contributed by atoms with Gasteiger partial charge in [0.2, 0.25) is 0 Å². The van der Waals surface area contributed by atoms with Crippen LogP contribution in [0.3, 0.4) is 0 Å². The Morgan fingerprint density at radius 1 is 0.941 bits per heavy atom. The maximum Gasteiger partial charge on any atom is 0.252 e. The summed E-state index contributed by atoms with van der Waals surface area (Å²) in [7, 11) is 3.23. The van der Waals surface area contributed by atoms with Gasteiger partial charge in [0.1, 0.15) is 5.75 Å². The van der Waals surface area contributed by atoms with Crippen LogP contribution in [0.1, 0.15) is 49.7 Å². The molecular weight excluding hydrogens is 428 g/mol. The van der Waals surface area contributed by atoms with Crippen molar-refractivity contribution in [2.24, 2.45) is 0 Å². The van der Waals surface area contributed by atoms with Gasteiger partial charge >= 0.3 is 0 Å². The monoisotopic (exact) mass is 460 g/mol. The van der Waals surface area contributed by atoms with Crippen LogP contribution >= 0.6 is 0 Å². The number of aromatic amines is 1. The molecule has 34 heavy (non-hydrogen) atoms. The number of aryl methyl sites for hydroxylation is 2. The Balaban J connectivity index is 1.92. The molecule has 2 aromatic heterocycles. The third kappa shape index (κ3) is 4.45. The third-order valence-electron chi connectivity index (χ3n) is 6.19. The van der Waals surface area contributed by atoms with Crippen LogP contribution in [-0.4, -0.2) is 30.8 Å². The topological polar surface area (TPSA) is 73.4 Å². The number of ether oxygens (including phenoxy) is 3. The summed E-state index contributed by atoms with van der Waals surface area (Å²) >= 11 is 0. The maximum absolute atomic E-state index is 13.3. The first kappa shape index (κ1) is 23.6. The van der Waals surface area contributed by atoms with Crippen molar-refractivity contribution in [3.63, 3.8) is 0 Å². The van der Waals surface area contributed by atoms with Crippen LogP contribution in [0.4, 0.5) is 0 Å².